The number of nitrogens with zero attached hydrogens (tertiary/aromatic N) is 3. The summed E-state index contributed by atoms with van der Waals surface area (Å²) >= 11 is 0. The maximum atomic E-state index is 15.1. The minimum Gasteiger partial charge on any atom is -0.460 e. The largest absolute Gasteiger partial charge is 0.460 e. The Morgan fingerprint density at radius 1 is 1.00 bits per heavy atom. The Kier molecular flexibility index (Phi) is 7.84. The summed E-state index contributed by atoms with van der Waals surface area (Å²) in [4.78, 5) is 54.1. The Morgan fingerprint density at radius 2 is 1.66 bits per heavy atom. The molecule has 2 heterocycles. The Balaban J connectivity index is 1.38. The smallest absolute Gasteiger partial charge is 0.414 e. The number of carbonyl (C=O) groups is 4. The molecule has 3 amide bonds. The van der Waals surface area contributed by atoms with Gasteiger partial charge in [-0.1, -0.05) is 18.2 Å². The van der Waals surface area contributed by atoms with E-state index in [0.29, 0.717) is 5.56 Å². The quantitative estimate of drug-likeness (QED) is 0.431. The third-order valence-corrected chi connectivity index (χ3v) is 6.06. The van der Waals surface area contributed by atoms with E-state index < -0.39 is 41.5 Å². The van der Waals surface area contributed by atoms with Crippen molar-refractivity contribution in [3.05, 3.63) is 65.5 Å². The van der Waals surface area contributed by atoms with Crippen LogP contribution < -0.4 is 4.90 Å². The SMILES string of the molecule is CC(C)(C)OC(=O)N1CCN(C(=O)c2ccc(N3C(=O)OC[C@H]3COC(=O)c3ccccc3)cc2F)CC1. The Hall–Kier alpha value is -4.15. The van der Waals surface area contributed by atoms with Gasteiger partial charge in [0.15, 0.2) is 0 Å². The van der Waals surface area contributed by atoms with E-state index in [1.54, 1.807) is 51.1 Å². The van der Waals surface area contributed by atoms with E-state index in [-0.39, 0.29) is 50.6 Å². The molecule has 38 heavy (non-hydrogen) atoms. The van der Waals surface area contributed by atoms with E-state index >= 15 is 4.39 Å². The summed E-state index contributed by atoms with van der Waals surface area (Å²) in [7, 11) is 0. The summed E-state index contributed by atoms with van der Waals surface area (Å²) in [6.45, 7) is 6.13. The zero-order chi connectivity index (χ0) is 27.4. The fourth-order valence-corrected chi connectivity index (χ4v) is 4.15. The van der Waals surface area contributed by atoms with Gasteiger partial charge >= 0.3 is 18.2 Å². The maximum absolute atomic E-state index is 15.1. The highest BCUT2D eigenvalue weighted by atomic mass is 19.1. The highest BCUT2D eigenvalue weighted by Crippen LogP contribution is 2.26. The van der Waals surface area contributed by atoms with E-state index in [1.807, 2.05) is 0 Å². The first-order chi connectivity index (χ1) is 18.0. The second-order valence-corrected chi connectivity index (χ2v) is 9.99. The average molecular weight is 528 g/mol. The van der Waals surface area contributed by atoms with Crippen LogP contribution in [0.1, 0.15) is 41.5 Å². The summed E-state index contributed by atoms with van der Waals surface area (Å²) in [6.07, 6.45) is -1.16. The molecular formula is C27H30FN3O7. The summed E-state index contributed by atoms with van der Waals surface area (Å²) < 4.78 is 30.9. The fourth-order valence-electron chi connectivity index (χ4n) is 4.15. The Bertz CT molecular complexity index is 1210. The first kappa shape index (κ1) is 26.9. The van der Waals surface area contributed by atoms with Crippen LogP contribution in [-0.2, 0) is 14.2 Å². The molecule has 2 saturated heterocycles. The number of carbonyl (C=O) groups excluding carboxylic acids is 4. The van der Waals surface area contributed by atoms with Gasteiger partial charge in [0, 0.05) is 26.2 Å². The number of hydrogen-bond donors (Lipinski definition) is 0. The first-order valence-corrected chi connectivity index (χ1v) is 12.3. The maximum Gasteiger partial charge on any atom is 0.414 e. The lowest BCUT2D eigenvalue weighted by Crippen LogP contribution is -2.51. The van der Waals surface area contributed by atoms with Crippen molar-refractivity contribution in [2.45, 2.75) is 32.4 Å². The molecule has 2 aromatic rings. The molecule has 1 atom stereocenters. The number of halogens is 1. The summed E-state index contributed by atoms with van der Waals surface area (Å²) in [5.41, 5.74) is -0.236. The minimum atomic E-state index is -0.804. The van der Waals surface area contributed by atoms with Crippen molar-refractivity contribution in [3.63, 3.8) is 0 Å². The van der Waals surface area contributed by atoms with E-state index in [2.05, 4.69) is 0 Å². The van der Waals surface area contributed by atoms with Crippen molar-refractivity contribution in [2.75, 3.05) is 44.3 Å². The van der Waals surface area contributed by atoms with Gasteiger partial charge in [-0.25, -0.2) is 18.8 Å². The fraction of sp³-hybridized carbons (Fsp3) is 0.407. The van der Waals surface area contributed by atoms with Crippen LogP contribution in [0.3, 0.4) is 0 Å². The number of cyclic esters (lactones) is 1. The Labute approximate surface area is 219 Å². The van der Waals surface area contributed by atoms with E-state index in [0.717, 1.165) is 6.07 Å². The molecule has 0 radical (unpaired) electrons. The molecule has 2 fully saturated rings. The molecular weight excluding hydrogens is 497 g/mol. The molecule has 202 valence electrons. The van der Waals surface area contributed by atoms with Crippen molar-refractivity contribution >= 4 is 29.8 Å². The van der Waals surface area contributed by atoms with Gasteiger partial charge in [-0.2, -0.15) is 0 Å². The van der Waals surface area contributed by atoms with Crippen LogP contribution in [0, 0.1) is 5.82 Å². The molecule has 0 aliphatic carbocycles. The zero-order valence-electron chi connectivity index (χ0n) is 21.5. The molecule has 0 spiro atoms. The van der Waals surface area contributed by atoms with Gasteiger partial charge in [0.25, 0.3) is 5.91 Å². The normalized spacial score (nSPS) is 17.7. The van der Waals surface area contributed by atoms with Gasteiger partial charge < -0.3 is 24.0 Å². The van der Waals surface area contributed by atoms with Crippen LogP contribution in [0.2, 0.25) is 0 Å². The molecule has 0 aromatic heterocycles. The summed E-state index contributed by atoms with van der Waals surface area (Å²) in [5, 5.41) is 0. The van der Waals surface area contributed by atoms with Crippen molar-refractivity contribution in [1.82, 2.24) is 9.80 Å². The zero-order valence-corrected chi connectivity index (χ0v) is 21.5. The van der Waals surface area contributed by atoms with Crippen LogP contribution in [0.5, 0.6) is 0 Å². The third kappa shape index (κ3) is 6.21. The molecule has 0 unspecified atom stereocenters. The second-order valence-electron chi connectivity index (χ2n) is 9.99. The number of esters is 1. The molecule has 2 aromatic carbocycles. The predicted molar refractivity (Wildman–Crippen MR) is 134 cm³/mol. The van der Waals surface area contributed by atoms with Crippen molar-refractivity contribution in [2.24, 2.45) is 0 Å². The van der Waals surface area contributed by atoms with Gasteiger partial charge in [-0.3, -0.25) is 9.69 Å². The average Bonchev–Trinajstić information content (AvgIpc) is 3.26. The van der Waals surface area contributed by atoms with Crippen LogP contribution in [0.4, 0.5) is 19.7 Å². The van der Waals surface area contributed by atoms with E-state index in [1.165, 1.54) is 26.8 Å². The number of benzene rings is 2. The van der Waals surface area contributed by atoms with E-state index in [9.17, 15) is 19.2 Å². The van der Waals surface area contributed by atoms with Gasteiger partial charge in [0.1, 0.15) is 30.7 Å². The number of rotatable bonds is 5. The highest BCUT2D eigenvalue weighted by molar-refractivity contribution is 5.96. The topological polar surface area (TPSA) is 106 Å². The minimum absolute atomic E-state index is 0.0366. The molecule has 4 rings (SSSR count). The van der Waals surface area contributed by atoms with Crippen molar-refractivity contribution in [3.8, 4) is 0 Å². The number of amides is 3. The molecule has 2 aliphatic rings. The summed E-state index contributed by atoms with van der Waals surface area (Å²) in [6, 6.07) is 11.6. The number of ether oxygens (including phenoxy) is 3. The molecule has 10 nitrogen and oxygen atoms in total. The monoisotopic (exact) mass is 527 g/mol. The number of hydrogen-bond acceptors (Lipinski definition) is 7. The van der Waals surface area contributed by atoms with E-state index in [4.69, 9.17) is 14.2 Å². The van der Waals surface area contributed by atoms with Gasteiger partial charge in [-0.15, -0.1) is 0 Å². The van der Waals surface area contributed by atoms with Crippen molar-refractivity contribution in [1.29, 1.82) is 0 Å². The highest BCUT2D eigenvalue weighted by Gasteiger charge is 2.36. The number of anilines is 1. The molecule has 0 N–H and O–H groups in total. The van der Waals surface area contributed by atoms with Gasteiger partial charge in [0.2, 0.25) is 0 Å². The van der Waals surface area contributed by atoms with Crippen LogP contribution >= 0.6 is 0 Å². The molecule has 0 saturated carbocycles. The van der Waals surface area contributed by atoms with Crippen molar-refractivity contribution < 1.29 is 37.8 Å². The third-order valence-electron chi connectivity index (χ3n) is 6.06. The van der Waals surface area contributed by atoms with Crippen LogP contribution in [0.15, 0.2) is 48.5 Å². The second kappa shape index (κ2) is 11.1. The Morgan fingerprint density at radius 3 is 2.29 bits per heavy atom. The molecule has 0 bridgehead atoms. The van der Waals surface area contributed by atoms with Crippen LogP contribution in [0.25, 0.3) is 0 Å². The predicted octanol–water partition coefficient (Wildman–Crippen LogP) is 3.70. The lowest BCUT2D eigenvalue weighted by Gasteiger charge is -2.35. The lowest BCUT2D eigenvalue weighted by atomic mass is 10.1. The van der Waals surface area contributed by atoms with Gasteiger partial charge in [-0.05, 0) is 51.1 Å². The first-order valence-electron chi connectivity index (χ1n) is 12.3. The number of piperazine rings is 1. The standard InChI is InChI=1S/C27H30FN3O7/c1-27(2,3)38-25(34)30-13-11-29(12-14-30)23(32)21-10-9-19(15-22(21)28)31-20(17-37-26(31)35)16-36-24(33)18-7-5-4-6-8-18/h4-10,15,20H,11-14,16-17H2,1-3H3/t20-/m1/s1. The molecule has 2 aliphatic heterocycles. The summed E-state index contributed by atoms with van der Waals surface area (Å²) in [5.74, 6) is -1.87. The van der Waals surface area contributed by atoms with Crippen LogP contribution in [-0.4, -0.2) is 84.9 Å². The van der Waals surface area contributed by atoms with Gasteiger partial charge in [0.05, 0.1) is 16.8 Å². The molecule has 11 heteroatoms. The lowest BCUT2D eigenvalue weighted by molar-refractivity contribution is 0.0140.